The molecule has 112 valence electrons. The molecule has 0 amide bonds. The zero-order valence-corrected chi connectivity index (χ0v) is 13.1. The molecule has 0 saturated carbocycles. The Hall–Kier alpha value is -2.01. The maximum absolute atomic E-state index is 12.4. The van der Waals surface area contributed by atoms with E-state index < -0.39 is 10.1 Å². The van der Waals surface area contributed by atoms with Crippen LogP contribution in [0.3, 0.4) is 0 Å². The van der Waals surface area contributed by atoms with Gasteiger partial charge in [0.2, 0.25) is 0 Å². The highest BCUT2D eigenvalue weighted by molar-refractivity contribution is 7.87. The molecule has 0 aliphatic carbocycles. The van der Waals surface area contributed by atoms with Gasteiger partial charge in [-0.2, -0.15) is 8.42 Å². The summed E-state index contributed by atoms with van der Waals surface area (Å²) >= 11 is 0. The van der Waals surface area contributed by atoms with Crippen molar-refractivity contribution < 1.29 is 17.3 Å². The number of hydrogen-bond acceptors (Lipinski definition) is 4. The molecule has 0 saturated heterocycles. The molecule has 0 spiro atoms. The molecule has 0 radical (unpaired) electrons. The van der Waals surface area contributed by atoms with E-state index in [1.165, 1.54) is 13.2 Å². The summed E-state index contributed by atoms with van der Waals surface area (Å²) in [7, 11) is -2.49. The summed E-state index contributed by atoms with van der Waals surface area (Å²) in [5.41, 5.74) is 1.94. The predicted octanol–water partition coefficient (Wildman–Crippen LogP) is 3.33. The summed E-state index contributed by atoms with van der Waals surface area (Å²) in [5, 5.41) is 0. The summed E-state index contributed by atoms with van der Waals surface area (Å²) < 4.78 is 35.1. The summed E-state index contributed by atoms with van der Waals surface area (Å²) in [6, 6.07) is 11.9. The van der Waals surface area contributed by atoms with E-state index in [4.69, 9.17) is 8.92 Å². The van der Waals surface area contributed by atoms with Gasteiger partial charge in [-0.1, -0.05) is 25.1 Å². The van der Waals surface area contributed by atoms with Gasteiger partial charge in [0, 0.05) is 0 Å². The average Bonchev–Trinajstić information content (AvgIpc) is 2.47. The highest BCUT2D eigenvalue weighted by Crippen LogP contribution is 2.27. The minimum Gasteiger partial charge on any atom is -0.495 e. The van der Waals surface area contributed by atoms with Crippen LogP contribution in [-0.2, 0) is 16.5 Å². The van der Waals surface area contributed by atoms with Crippen molar-refractivity contribution in [2.45, 2.75) is 25.2 Å². The maximum atomic E-state index is 12.4. The van der Waals surface area contributed by atoms with Crippen molar-refractivity contribution in [3.8, 4) is 11.5 Å². The first kappa shape index (κ1) is 15.4. The molecule has 21 heavy (non-hydrogen) atoms. The number of aryl methyl sites for hydroxylation is 2. The monoisotopic (exact) mass is 306 g/mol. The van der Waals surface area contributed by atoms with E-state index in [1.54, 1.807) is 24.3 Å². The molecule has 0 bridgehead atoms. The third kappa shape index (κ3) is 3.55. The van der Waals surface area contributed by atoms with Crippen molar-refractivity contribution in [1.29, 1.82) is 0 Å². The Bertz CT molecular complexity index is 718. The Kier molecular flexibility index (Phi) is 4.53. The number of rotatable bonds is 5. The highest BCUT2D eigenvalue weighted by atomic mass is 32.2. The minimum absolute atomic E-state index is 0.0320. The lowest BCUT2D eigenvalue weighted by atomic mass is 10.2. The van der Waals surface area contributed by atoms with Gasteiger partial charge in [-0.3, -0.25) is 0 Å². The van der Waals surface area contributed by atoms with Gasteiger partial charge in [0.15, 0.2) is 0 Å². The van der Waals surface area contributed by atoms with Crippen LogP contribution in [0.2, 0.25) is 0 Å². The van der Waals surface area contributed by atoms with E-state index in [-0.39, 0.29) is 16.4 Å². The van der Waals surface area contributed by atoms with Crippen LogP contribution in [0.5, 0.6) is 11.5 Å². The zero-order valence-electron chi connectivity index (χ0n) is 12.3. The maximum Gasteiger partial charge on any atom is 0.342 e. The molecular weight excluding hydrogens is 288 g/mol. The third-order valence-electron chi connectivity index (χ3n) is 3.13. The fraction of sp³-hybridized carbons (Fsp3) is 0.250. The molecule has 0 aromatic heterocycles. The van der Waals surface area contributed by atoms with Crippen LogP contribution >= 0.6 is 0 Å². The highest BCUT2D eigenvalue weighted by Gasteiger charge is 2.22. The molecule has 2 aromatic rings. The summed E-state index contributed by atoms with van der Waals surface area (Å²) in [5.74, 6) is 0.557. The SMILES string of the molecule is CCc1ccc(OS(=O)(=O)c2cc(C)ccc2OC)cc1. The van der Waals surface area contributed by atoms with Crippen molar-refractivity contribution in [3.63, 3.8) is 0 Å². The predicted molar refractivity (Wildman–Crippen MR) is 81.4 cm³/mol. The van der Waals surface area contributed by atoms with Crippen LogP contribution in [0, 0.1) is 6.92 Å². The fourth-order valence-electron chi connectivity index (χ4n) is 1.93. The quantitative estimate of drug-likeness (QED) is 0.795. The molecule has 0 N–H and O–H groups in total. The molecule has 0 unspecified atom stereocenters. The van der Waals surface area contributed by atoms with E-state index >= 15 is 0 Å². The van der Waals surface area contributed by atoms with Crippen molar-refractivity contribution in [2.75, 3.05) is 7.11 Å². The number of methoxy groups -OCH3 is 1. The molecular formula is C16H18O4S. The molecule has 4 nitrogen and oxygen atoms in total. The van der Waals surface area contributed by atoms with Crippen molar-refractivity contribution >= 4 is 10.1 Å². The molecule has 0 aliphatic heterocycles. The lowest BCUT2D eigenvalue weighted by Crippen LogP contribution is -2.11. The first-order valence-corrected chi connectivity index (χ1v) is 8.05. The summed E-state index contributed by atoms with van der Waals surface area (Å²) in [6.45, 7) is 3.85. The van der Waals surface area contributed by atoms with Gasteiger partial charge < -0.3 is 8.92 Å². The van der Waals surface area contributed by atoms with Crippen LogP contribution in [-0.4, -0.2) is 15.5 Å². The smallest absolute Gasteiger partial charge is 0.342 e. The van der Waals surface area contributed by atoms with Crippen molar-refractivity contribution in [2.24, 2.45) is 0 Å². The van der Waals surface area contributed by atoms with Crippen LogP contribution in [0.1, 0.15) is 18.1 Å². The second-order valence-corrected chi connectivity index (χ2v) is 6.20. The minimum atomic E-state index is -3.92. The van der Waals surface area contributed by atoms with Gasteiger partial charge >= 0.3 is 10.1 Å². The van der Waals surface area contributed by atoms with Crippen LogP contribution in [0.15, 0.2) is 47.4 Å². The summed E-state index contributed by atoms with van der Waals surface area (Å²) in [6.07, 6.45) is 0.888. The second-order valence-electron chi connectivity index (χ2n) is 4.69. The number of hydrogen-bond donors (Lipinski definition) is 0. The first-order chi connectivity index (χ1) is 9.96. The van der Waals surface area contributed by atoms with E-state index in [9.17, 15) is 8.42 Å². The molecule has 2 rings (SSSR count). The molecule has 0 aliphatic rings. The van der Waals surface area contributed by atoms with Gasteiger partial charge in [-0.25, -0.2) is 0 Å². The molecule has 0 fully saturated rings. The van der Waals surface area contributed by atoms with Gasteiger partial charge in [-0.15, -0.1) is 0 Å². The van der Waals surface area contributed by atoms with Crippen molar-refractivity contribution in [1.82, 2.24) is 0 Å². The second kappa shape index (κ2) is 6.18. The topological polar surface area (TPSA) is 52.6 Å². The molecule has 0 atom stereocenters. The van der Waals surface area contributed by atoms with Gasteiger partial charge in [0.25, 0.3) is 0 Å². The Labute approximate surface area is 125 Å². The van der Waals surface area contributed by atoms with E-state index in [0.717, 1.165) is 17.5 Å². The van der Waals surface area contributed by atoms with Crippen LogP contribution in [0.25, 0.3) is 0 Å². The van der Waals surface area contributed by atoms with Gasteiger partial charge in [0.1, 0.15) is 16.4 Å². The molecule has 5 heteroatoms. The normalized spacial score (nSPS) is 11.2. The molecule has 0 heterocycles. The van der Waals surface area contributed by atoms with Crippen LogP contribution < -0.4 is 8.92 Å². The number of ether oxygens (including phenoxy) is 1. The Balaban J connectivity index is 2.35. The van der Waals surface area contributed by atoms with Gasteiger partial charge in [0.05, 0.1) is 7.11 Å². The lowest BCUT2D eigenvalue weighted by Gasteiger charge is -2.11. The largest absolute Gasteiger partial charge is 0.495 e. The third-order valence-corrected chi connectivity index (χ3v) is 4.40. The Morgan fingerprint density at radius 3 is 2.29 bits per heavy atom. The number of benzene rings is 2. The average molecular weight is 306 g/mol. The zero-order chi connectivity index (χ0) is 15.5. The Morgan fingerprint density at radius 1 is 1.05 bits per heavy atom. The van der Waals surface area contributed by atoms with E-state index in [1.807, 2.05) is 26.0 Å². The first-order valence-electron chi connectivity index (χ1n) is 6.64. The molecule has 2 aromatic carbocycles. The van der Waals surface area contributed by atoms with Crippen molar-refractivity contribution in [3.05, 3.63) is 53.6 Å². The van der Waals surface area contributed by atoms with Crippen LogP contribution in [0.4, 0.5) is 0 Å². The van der Waals surface area contributed by atoms with Gasteiger partial charge in [-0.05, 0) is 48.7 Å². The van der Waals surface area contributed by atoms with E-state index in [0.29, 0.717) is 0 Å². The fourth-order valence-corrected chi connectivity index (χ4v) is 3.11. The lowest BCUT2D eigenvalue weighted by molar-refractivity contribution is 0.398. The van der Waals surface area contributed by atoms with E-state index in [2.05, 4.69) is 0 Å². The Morgan fingerprint density at radius 2 is 1.71 bits per heavy atom. The standard InChI is InChI=1S/C16H18O4S/c1-4-13-6-8-14(9-7-13)20-21(17,18)16-11-12(2)5-10-15(16)19-3/h5-11H,4H2,1-3H3. The summed E-state index contributed by atoms with van der Waals surface area (Å²) in [4.78, 5) is 0.0320.